The minimum atomic E-state index is -0.972. The molecule has 1 unspecified atom stereocenters. The van der Waals surface area contributed by atoms with Crippen molar-refractivity contribution in [3.63, 3.8) is 0 Å². The summed E-state index contributed by atoms with van der Waals surface area (Å²) in [7, 11) is 3.33. The SMILES string of the molecule is CC(C(=O)O)N(C)C(=O)N(C)C1CCCCCC1. The van der Waals surface area contributed by atoms with Gasteiger partial charge in [0.05, 0.1) is 0 Å². The number of carboxylic acid groups (broad SMARTS) is 1. The smallest absolute Gasteiger partial charge is 0.326 e. The predicted octanol–water partition coefficient (Wildman–Crippen LogP) is 2.17. The molecular weight excluding hydrogens is 232 g/mol. The number of carbonyl (C=O) groups excluding carboxylic acids is 1. The van der Waals surface area contributed by atoms with Gasteiger partial charge in [-0.1, -0.05) is 25.7 Å². The zero-order chi connectivity index (χ0) is 13.7. The Labute approximate surface area is 109 Å². The van der Waals surface area contributed by atoms with Gasteiger partial charge in [-0.2, -0.15) is 0 Å². The Hall–Kier alpha value is -1.26. The van der Waals surface area contributed by atoms with E-state index in [9.17, 15) is 9.59 Å². The zero-order valence-electron chi connectivity index (χ0n) is 11.6. The maximum Gasteiger partial charge on any atom is 0.326 e. The average molecular weight is 256 g/mol. The van der Waals surface area contributed by atoms with E-state index in [-0.39, 0.29) is 12.1 Å². The third-order valence-corrected chi connectivity index (χ3v) is 3.91. The summed E-state index contributed by atoms with van der Waals surface area (Å²) in [6.07, 6.45) is 6.83. The largest absolute Gasteiger partial charge is 0.480 e. The monoisotopic (exact) mass is 256 g/mol. The molecule has 0 bridgehead atoms. The van der Waals surface area contributed by atoms with Gasteiger partial charge in [0, 0.05) is 20.1 Å². The summed E-state index contributed by atoms with van der Waals surface area (Å²) in [5.41, 5.74) is 0. The maximum absolute atomic E-state index is 12.2. The lowest BCUT2D eigenvalue weighted by atomic mass is 10.1. The van der Waals surface area contributed by atoms with Crippen LogP contribution in [0.3, 0.4) is 0 Å². The summed E-state index contributed by atoms with van der Waals surface area (Å²) in [5.74, 6) is -0.972. The third kappa shape index (κ3) is 3.62. The molecule has 2 amide bonds. The number of hydrogen-bond donors (Lipinski definition) is 1. The zero-order valence-corrected chi connectivity index (χ0v) is 11.6. The molecule has 1 aliphatic carbocycles. The van der Waals surface area contributed by atoms with Gasteiger partial charge in [0.1, 0.15) is 6.04 Å². The molecule has 1 atom stereocenters. The van der Waals surface area contributed by atoms with Gasteiger partial charge < -0.3 is 14.9 Å². The van der Waals surface area contributed by atoms with Crippen molar-refractivity contribution in [1.82, 2.24) is 9.80 Å². The summed E-state index contributed by atoms with van der Waals surface area (Å²) in [6.45, 7) is 1.53. The van der Waals surface area contributed by atoms with E-state index in [0.717, 1.165) is 25.7 Å². The fourth-order valence-electron chi connectivity index (χ4n) is 2.38. The molecule has 0 heterocycles. The van der Waals surface area contributed by atoms with Crippen LogP contribution in [0, 0.1) is 0 Å². The van der Waals surface area contributed by atoms with Gasteiger partial charge in [-0.25, -0.2) is 9.59 Å². The number of nitrogens with zero attached hydrogens (tertiary/aromatic N) is 2. The van der Waals surface area contributed by atoms with Gasteiger partial charge in [0.25, 0.3) is 0 Å². The van der Waals surface area contributed by atoms with E-state index in [1.165, 1.54) is 24.7 Å². The van der Waals surface area contributed by atoms with Gasteiger partial charge in [-0.3, -0.25) is 0 Å². The fourth-order valence-corrected chi connectivity index (χ4v) is 2.38. The molecule has 18 heavy (non-hydrogen) atoms. The van der Waals surface area contributed by atoms with Gasteiger partial charge >= 0.3 is 12.0 Å². The molecule has 0 spiro atoms. The Bertz CT molecular complexity index is 299. The Morgan fingerprint density at radius 3 is 2.06 bits per heavy atom. The first-order valence-corrected chi connectivity index (χ1v) is 6.67. The Morgan fingerprint density at radius 1 is 1.11 bits per heavy atom. The van der Waals surface area contributed by atoms with E-state index in [0.29, 0.717) is 0 Å². The van der Waals surface area contributed by atoms with Crippen LogP contribution in [-0.2, 0) is 4.79 Å². The van der Waals surface area contributed by atoms with Crippen LogP contribution >= 0.6 is 0 Å². The Kier molecular flexibility index (Phi) is 5.44. The summed E-state index contributed by atoms with van der Waals surface area (Å²) in [5, 5.41) is 8.93. The van der Waals surface area contributed by atoms with Crippen molar-refractivity contribution in [2.24, 2.45) is 0 Å². The van der Waals surface area contributed by atoms with Crippen LogP contribution in [0.4, 0.5) is 4.79 Å². The van der Waals surface area contributed by atoms with Crippen LogP contribution in [0.5, 0.6) is 0 Å². The lowest BCUT2D eigenvalue weighted by molar-refractivity contribution is -0.141. The van der Waals surface area contributed by atoms with Crippen molar-refractivity contribution in [3.8, 4) is 0 Å². The van der Waals surface area contributed by atoms with Gasteiger partial charge in [-0.15, -0.1) is 0 Å². The summed E-state index contributed by atoms with van der Waals surface area (Å²) < 4.78 is 0. The molecule has 0 radical (unpaired) electrons. The topological polar surface area (TPSA) is 60.9 Å². The van der Waals surface area contributed by atoms with Crippen molar-refractivity contribution >= 4 is 12.0 Å². The minimum Gasteiger partial charge on any atom is -0.480 e. The average Bonchev–Trinajstić information content (AvgIpc) is 2.63. The van der Waals surface area contributed by atoms with E-state index in [1.54, 1.807) is 19.0 Å². The van der Waals surface area contributed by atoms with Crippen LogP contribution < -0.4 is 0 Å². The lowest BCUT2D eigenvalue weighted by Gasteiger charge is -2.32. The summed E-state index contributed by atoms with van der Waals surface area (Å²) >= 11 is 0. The molecular formula is C13H24N2O3. The van der Waals surface area contributed by atoms with Crippen LogP contribution in [-0.4, -0.2) is 53.1 Å². The van der Waals surface area contributed by atoms with Crippen molar-refractivity contribution < 1.29 is 14.7 Å². The first kappa shape index (κ1) is 14.8. The minimum absolute atomic E-state index is 0.197. The molecule has 1 fully saturated rings. The molecule has 1 aliphatic rings. The Balaban J connectivity index is 2.61. The van der Waals surface area contributed by atoms with Crippen LogP contribution in [0.1, 0.15) is 45.4 Å². The van der Waals surface area contributed by atoms with Crippen LogP contribution in [0.2, 0.25) is 0 Å². The molecule has 1 saturated carbocycles. The molecule has 0 aromatic carbocycles. The summed E-state index contributed by atoms with van der Waals surface area (Å²) in [4.78, 5) is 26.1. The third-order valence-electron chi connectivity index (χ3n) is 3.91. The van der Waals surface area contributed by atoms with Gasteiger partial charge in [0.2, 0.25) is 0 Å². The van der Waals surface area contributed by atoms with Crippen molar-refractivity contribution in [1.29, 1.82) is 0 Å². The number of hydrogen-bond acceptors (Lipinski definition) is 2. The highest BCUT2D eigenvalue weighted by atomic mass is 16.4. The predicted molar refractivity (Wildman–Crippen MR) is 69.5 cm³/mol. The molecule has 1 N–H and O–H groups in total. The van der Waals surface area contributed by atoms with Crippen LogP contribution in [0.25, 0.3) is 0 Å². The number of amides is 2. The highest BCUT2D eigenvalue weighted by Gasteiger charge is 2.28. The molecule has 1 rings (SSSR count). The second-order valence-electron chi connectivity index (χ2n) is 5.16. The number of rotatable bonds is 3. The molecule has 0 aliphatic heterocycles. The normalized spacial score (nSPS) is 18.8. The number of urea groups is 1. The molecule has 5 nitrogen and oxygen atoms in total. The highest BCUT2D eigenvalue weighted by molar-refractivity contribution is 5.82. The molecule has 0 aromatic heterocycles. The van der Waals surface area contributed by atoms with Crippen molar-refractivity contribution in [3.05, 3.63) is 0 Å². The van der Waals surface area contributed by atoms with Gasteiger partial charge in [-0.05, 0) is 19.8 Å². The first-order valence-electron chi connectivity index (χ1n) is 6.67. The van der Waals surface area contributed by atoms with E-state index < -0.39 is 12.0 Å². The highest BCUT2D eigenvalue weighted by Crippen LogP contribution is 2.21. The fraction of sp³-hybridized carbons (Fsp3) is 0.846. The van der Waals surface area contributed by atoms with Crippen molar-refractivity contribution in [2.45, 2.75) is 57.5 Å². The van der Waals surface area contributed by atoms with E-state index in [2.05, 4.69) is 0 Å². The lowest BCUT2D eigenvalue weighted by Crippen LogP contribution is -2.49. The molecule has 0 aromatic rings. The van der Waals surface area contributed by atoms with E-state index >= 15 is 0 Å². The summed E-state index contributed by atoms with van der Waals surface area (Å²) in [6, 6.07) is -0.731. The van der Waals surface area contributed by atoms with Crippen LogP contribution in [0.15, 0.2) is 0 Å². The molecule has 5 heteroatoms. The standard InChI is InChI=1S/C13H24N2O3/c1-10(12(16)17)14(2)13(18)15(3)11-8-6-4-5-7-9-11/h10-11H,4-9H2,1-3H3,(H,16,17). The quantitative estimate of drug-likeness (QED) is 0.787. The van der Waals surface area contributed by atoms with E-state index in [1.807, 2.05) is 0 Å². The number of likely N-dealkylation sites (N-methyl/N-ethyl adjacent to an activating group) is 1. The van der Waals surface area contributed by atoms with Crippen molar-refractivity contribution in [2.75, 3.05) is 14.1 Å². The van der Waals surface area contributed by atoms with Gasteiger partial charge in [0.15, 0.2) is 0 Å². The second-order valence-corrected chi connectivity index (χ2v) is 5.16. The Morgan fingerprint density at radius 2 is 1.61 bits per heavy atom. The van der Waals surface area contributed by atoms with E-state index in [4.69, 9.17) is 5.11 Å². The molecule has 104 valence electrons. The second kappa shape index (κ2) is 6.61. The number of aliphatic carboxylic acids is 1. The number of carboxylic acids is 1. The number of carbonyl (C=O) groups is 2. The molecule has 0 saturated heterocycles. The first-order chi connectivity index (χ1) is 8.45. The maximum atomic E-state index is 12.2.